The summed E-state index contributed by atoms with van der Waals surface area (Å²) in [6.45, 7) is 1.81. The van der Waals surface area contributed by atoms with Gasteiger partial charge in [0, 0.05) is 11.6 Å². The molecule has 1 amide bonds. The Morgan fingerprint density at radius 1 is 1.15 bits per heavy atom. The van der Waals surface area contributed by atoms with Crippen LogP contribution in [-0.4, -0.2) is 15.5 Å². The van der Waals surface area contributed by atoms with Crippen molar-refractivity contribution in [1.82, 2.24) is 9.55 Å². The van der Waals surface area contributed by atoms with Gasteiger partial charge in [-0.05, 0) is 19.1 Å². The van der Waals surface area contributed by atoms with E-state index in [1.807, 2.05) is 31.2 Å². The molecule has 0 radical (unpaired) electrons. The van der Waals surface area contributed by atoms with Crippen molar-refractivity contribution in [2.24, 2.45) is 0 Å². The van der Waals surface area contributed by atoms with Gasteiger partial charge in [-0.25, -0.2) is 4.98 Å². The first kappa shape index (κ1) is 18.2. The number of halogens is 2. The van der Waals surface area contributed by atoms with Crippen molar-refractivity contribution in [3.8, 4) is 11.3 Å². The van der Waals surface area contributed by atoms with E-state index in [0.29, 0.717) is 16.4 Å². The van der Waals surface area contributed by atoms with E-state index in [2.05, 4.69) is 10.3 Å². The molecule has 0 aliphatic heterocycles. The molecule has 1 heterocycles. The molecule has 1 aromatic heterocycles. The second-order valence-electron chi connectivity index (χ2n) is 5.76. The number of aryl methyl sites for hydroxylation is 1. The second-order valence-corrected chi connectivity index (χ2v) is 6.54. The highest BCUT2D eigenvalue weighted by molar-refractivity contribution is 6.43. The predicted molar refractivity (Wildman–Crippen MR) is 104 cm³/mol. The van der Waals surface area contributed by atoms with Crippen LogP contribution in [-0.2, 0) is 11.3 Å². The normalized spacial score (nSPS) is 10.6. The summed E-state index contributed by atoms with van der Waals surface area (Å²) in [7, 11) is 0. The van der Waals surface area contributed by atoms with E-state index in [4.69, 9.17) is 23.2 Å². The fourth-order valence-electron chi connectivity index (χ4n) is 2.37. The average Bonchev–Trinajstić information content (AvgIpc) is 2.61. The molecule has 0 atom stereocenters. The number of aromatic nitrogens is 2. The zero-order chi connectivity index (χ0) is 18.7. The van der Waals surface area contributed by atoms with E-state index in [9.17, 15) is 9.59 Å². The van der Waals surface area contributed by atoms with Crippen molar-refractivity contribution in [2.45, 2.75) is 13.5 Å². The lowest BCUT2D eigenvalue weighted by molar-refractivity contribution is -0.116. The zero-order valence-corrected chi connectivity index (χ0v) is 15.4. The number of amides is 1. The molecule has 132 valence electrons. The first-order valence-corrected chi connectivity index (χ1v) is 8.57. The van der Waals surface area contributed by atoms with Crippen LogP contribution in [0.1, 0.15) is 5.56 Å². The van der Waals surface area contributed by atoms with Crippen molar-refractivity contribution >= 4 is 34.8 Å². The summed E-state index contributed by atoms with van der Waals surface area (Å²) in [5.74, 6) is -0.402. The fraction of sp³-hybridized carbons (Fsp3) is 0.105. The van der Waals surface area contributed by atoms with E-state index in [1.165, 1.54) is 17.0 Å². The molecule has 0 saturated carbocycles. The number of hydrogen-bond donors (Lipinski definition) is 1. The van der Waals surface area contributed by atoms with Crippen LogP contribution in [0.5, 0.6) is 0 Å². The number of rotatable bonds is 4. The fourth-order valence-corrected chi connectivity index (χ4v) is 2.72. The van der Waals surface area contributed by atoms with Gasteiger partial charge in [0.15, 0.2) is 0 Å². The number of benzene rings is 2. The Labute approximate surface area is 160 Å². The van der Waals surface area contributed by atoms with Crippen molar-refractivity contribution < 1.29 is 4.79 Å². The number of anilines is 1. The molecule has 7 heteroatoms. The Balaban J connectivity index is 1.76. The predicted octanol–water partition coefficient (Wildman–Crippen LogP) is 4.16. The highest BCUT2D eigenvalue weighted by atomic mass is 35.5. The lowest BCUT2D eigenvalue weighted by Gasteiger charge is -2.10. The summed E-state index contributed by atoms with van der Waals surface area (Å²) in [5, 5.41) is 3.23. The molecule has 26 heavy (non-hydrogen) atoms. The molecule has 1 N–H and O–H groups in total. The number of nitrogens with one attached hydrogen (secondary N) is 1. The minimum Gasteiger partial charge on any atom is -0.323 e. The minimum atomic E-state index is -0.402. The highest BCUT2D eigenvalue weighted by Crippen LogP contribution is 2.29. The van der Waals surface area contributed by atoms with Gasteiger partial charge in [-0.2, -0.15) is 0 Å². The zero-order valence-electron chi connectivity index (χ0n) is 13.9. The number of carbonyl (C=O) groups excluding carboxylic acids is 1. The van der Waals surface area contributed by atoms with Crippen molar-refractivity contribution in [3.05, 3.63) is 80.8 Å². The third-order valence-electron chi connectivity index (χ3n) is 3.77. The first-order chi connectivity index (χ1) is 12.4. The number of nitrogens with zero attached hydrogens (tertiary/aromatic N) is 2. The Hall–Kier alpha value is -2.63. The van der Waals surface area contributed by atoms with Crippen LogP contribution in [0, 0.1) is 6.92 Å². The maximum Gasteiger partial charge on any atom is 0.254 e. The summed E-state index contributed by atoms with van der Waals surface area (Å²) in [6, 6.07) is 14.0. The van der Waals surface area contributed by atoms with Crippen LogP contribution in [0.2, 0.25) is 10.0 Å². The summed E-state index contributed by atoms with van der Waals surface area (Å²) in [6.07, 6.45) is 1.36. The smallest absolute Gasteiger partial charge is 0.254 e. The monoisotopic (exact) mass is 387 g/mol. The quantitative estimate of drug-likeness (QED) is 0.730. The molecular weight excluding hydrogens is 373 g/mol. The summed E-state index contributed by atoms with van der Waals surface area (Å²) < 4.78 is 1.23. The van der Waals surface area contributed by atoms with Crippen LogP contribution in [0.25, 0.3) is 11.3 Å². The van der Waals surface area contributed by atoms with E-state index >= 15 is 0 Å². The maximum atomic E-state index is 12.3. The van der Waals surface area contributed by atoms with Crippen molar-refractivity contribution in [3.63, 3.8) is 0 Å². The van der Waals surface area contributed by atoms with Crippen molar-refractivity contribution in [2.75, 3.05) is 5.32 Å². The molecule has 0 aliphatic rings. The van der Waals surface area contributed by atoms with Crippen LogP contribution in [0.4, 0.5) is 5.69 Å². The second kappa shape index (κ2) is 7.72. The van der Waals surface area contributed by atoms with Gasteiger partial charge in [0.2, 0.25) is 5.91 Å². The van der Waals surface area contributed by atoms with Gasteiger partial charge in [-0.3, -0.25) is 14.2 Å². The van der Waals surface area contributed by atoms with Crippen LogP contribution in [0.15, 0.2) is 59.7 Å². The summed E-state index contributed by atoms with van der Waals surface area (Å²) in [4.78, 5) is 28.7. The van der Waals surface area contributed by atoms with E-state index in [0.717, 1.165) is 11.1 Å². The largest absolute Gasteiger partial charge is 0.323 e. The highest BCUT2D eigenvalue weighted by Gasteiger charge is 2.10. The van der Waals surface area contributed by atoms with Crippen LogP contribution in [0.3, 0.4) is 0 Å². The molecule has 0 bridgehead atoms. The third kappa shape index (κ3) is 4.12. The standard InChI is InChI=1S/C19H15Cl2N3O2/c1-12-5-7-13(8-6-12)16-9-18(26)24(11-22-16)10-17(25)23-15-4-2-3-14(20)19(15)21/h2-9,11H,10H2,1H3,(H,23,25). The van der Waals surface area contributed by atoms with Gasteiger partial charge in [0.25, 0.3) is 5.56 Å². The Morgan fingerprint density at radius 3 is 2.58 bits per heavy atom. The molecule has 5 nitrogen and oxygen atoms in total. The van der Waals surface area contributed by atoms with E-state index < -0.39 is 5.91 Å². The lowest BCUT2D eigenvalue weighted by atomic mass is 10.1. The van der Waals surface area contributed by atoms with Gasteiger partial charge in [-0.1, -0.05) is 59.1 Å². The lowest BCUT2D eigenvalue weighted by Crippen LogP contribution is -2.27. The van der Waals surface area contributed by atoms with E-state index in [1.54, 1.807) is 18.2 Å². The molecule has 0 saturated heterocycles. The third-order valence-corrected chi connectivity index (χ3v) is 4.59. The number of carbonyl (C=O) groups is 1. The van der Waals surface area contributed by atoms with Gasteiger partial charge in [0.05, 0.1) is 27.8 Å². The van der Waals surface area contributed by atoms with Gasteiger partial charge in [0.1, 0.15) is 6.54 Å². The molecular formula is C19H15Cl2N3O2. The molecule has 2 aromatic carbocycles. The van der Waals surface area contributed by atoms with Crippen LogP contribution < -0.4 is 10.9 Å². The van der Waals surface area contributed by atoms with Gasteiger partial charge >= 0.3 is 0 Å². The maximum absolute atomic E-state index is 12.3. The topological polar surface area (TPSA) is 64.0 Å². The summed E-state index contributed by atoms with van der Waals surface area (Å²) in [5.41, 5.74) is 2.60. The van der Waals surface area contributed by atoms with Crippen molar-refractivity contribution in [1.29, 1.82) is 0 Å². The molecule has 0 fully saturated rings. The van der Waals surface area contributed by atoms with Gasteiger partial charge < -0.3 is 5.32 Å². The molecule has 0 aliphatic carbocycles. The Bertz CT molecular complexity index is 1010. The molecule has 3 rings (SSSR count). The molecule has 0 unspecified atom stereocenters. The Kier molecular flexibility index (Phi) is 5.40. The van der Waals surface area contributed by atoms with E-state index in [-0.39, 0.29) is 17.1 Å². The Morgan fingerprint density at radius 2 is 1.88 bits per heavy atom. The minimum absolute atomic E-state index is 0.178. The molecule has 0 spiro atoms. The number of hydrogen-bond acceptors (Lipinski definition) is 3. The first-order valence-electron chi connectivity index (χ1n) is 7.81. The SMILES string of the molecule is Cc1ccc(-c2cc(=O)n(CC(=O)Nc3cccc(Cl)c3Cl)cn2)cc1. The average molecular weight is 388 g/mol. The molecule has 3 aromatic rings. The van der Waals surface area contributed by atoms with Crippen LogP contribution >= 0.6 is 23.2 Å². The van der Waals surface area contributed by atoms with Gasteiger partial charge in [-0.15, -0.1) is 0 Å². The summed E-state index contributed by atoms with van der Waals surface area (Å²) >= 11 is 12.0.